The normalized spacial score (nSPS) is 13.8. The molecule has 0 aliphatic heterocycles. The Balaban J connectivity index is 2.76. The smallest absolute Gasteiger partial charge is 0.167 e. The van der Waals surface area contributed by atoms with Crippen LogP contribution in [0.2, 0.25) is 0 Å². The maximum atomic E-state index is 5.41. The molecule has 1 aromatic rings. The summed E-state index contributed by atoms with van der Waals surface area (Å²) in [6, 6.07) is 1.78. The molecule has 0 aromatic carbocycles. The van der Waals surface area contributed by atoms with Gasteiger partial charge < -0.3 is 10.3 Å². The Bertz CT molecular complexity index is 230. The minimum absolute atomic E-state index is 0.389. The van der Waals surface area contributed by atoms with Crippen molar-refractivity contribution in [2.75, 3.05) is 5.73 Å². The van der Waals surface area contributed by atoms with Gasteiger partial charge in [-0.1, -0.05) is 25.9 Å². The van der Waals surface area contributed by atoms with Crippen LogP contribution in [0, 0.1) is 5.92 Å². The van der Waals surface area contributed by atoms with Gasteiger partial charge in [0.25, 0.3) is 0 Å². The number of rotatable bonds is 2. The molecular formula is C8H14N2O. The molecule has 1 heterocycles. The minimum Gasteiger partial charge on any atom is -0.381 e. The molecule has 0 saturated heterocycles. The van der Waals surface area contributed by atoms with Crippen LogP contribution in [0.15, 0.2) is 10.6 Å². The highest BCUT2D eigenvalue weighted by molar-refractivity contribution is 5.27. The molecule has 1 aromatic heterocycles. The summed E-state index contributed by atoms with van der Waals surface area (Å²) in [4.78, 5) is 0. The van der Waals surface area contributed by atoms with Gasteiger partial charge >= 0.3 is 0 Å². The maximum absolute atomic E-state index is 5.41. The summed E-state index contributed by atoms with van der Waals surface area (Å²) in [5, 5.41) is 3.62. The number of hydrogen-bond donors (Lipinski definition) is 1. The van der Waals surface area contributed by atoms with Crippen LogP contribution in [0.4, 0.5) is 5.82 Å². The summed E-state index contributed by atoms with van der Waals surface area (Å²) in [7, 11) is 0. The second-order valence-electron chi connectivity index (χ2n) is 3.19. The van der Waals surface area contributed by atoms with E-state index in [0.29, 0.717) is 17.7 Å². The van der Waals surface area contributed by atoms with E-state index in [1.54, 1.807) is 6.07 Å². The molecule has 3 heteroatoms. The van der Waals surface area contributed by atoms with Crippen molar-refractivity contribution >= 4 is 5.82 Å². The Kier molecular flexibility index (Phi) is 2.17. The number of aromatic nitrogens is 1. The number of nitrogen functional groups attached to an aromatic ring is 1. The number of anilines is 1. The summed E-state index contributed by atoms with van der Waals surface area (Å²) in [6.07, 6.45) is 0. The fourth-order valence-electron chi connectivity index (χ4n) is 0.847. The van der Waals surface area contributed by atoms with Gasteiger partial charge in [0.05, 0.1) is 0 Å². The molecule has 2 N–H and O–H groups in total. The molecule has 0 spiro atoms. The molecule has 0 aliphatic rings. The van der Waals surface area contributed by atoms with Crippen LogP contribution in [0.5, 0.6) is 0 Å². The Morgan fingerprint density at radius 2 is 2.09 bits per heavy atom. The molecule has 1 atom stereocenters. The van der Waals surface area contributed by atoms with E-state index in [2.05, 4.69) is 25.9 Å². The van der Waals surface area contributed by atoms with E-state index in [4.69, 9.17) is 10.3 Å². The highest BCUT2D eigenvalue weighted by Gasteiger charge is 2.14. The molecule has 0 fully saturated rings. The van der Waals surface area contributed by atoms with E-state index in [9.17, 15) is 0 Å². The third-order valence-electron chi connectivity index (χ3n) is 2.00. The van der Waals surface area contributed by atoms with Crippen molar-refractivity contribution in [2.45, 2.75) is 26.7 Å². The molecule has 1 unspecified atom stereocenters. The molecule has 11 heavy (non-hydrogen) atoms. The van der Waals surface area contributed by atoms with Gasteiger partial charge in [-0.15, -0.1) is 0 Å². The van der Waals surface area contributed by atoms with Crippen LogP contribution in [0.3, 0.4) is 0 Å². The van der Waals surface area contributed by atoms with Gasteiger partial charge in [0.2, 0.25) is 0 Å². The fraction of sp³-hybridized carbons (Fsp3) is 0.625. The Morgan fingerprint density at radius 3 is 2.45 bits per heavy atom. The number of nitrogens with zero attached hydrogens (tertiary/aromatic N) is 1. The van der Waals surface area contributed by atoms with E-state index in [0.717, 1.165) is 5.76 Å². The van der Waals surface area contributed by atoms with Crippen molar-refractivity contribution in [2.24, 2.45) is 5.92 Å². The molecule has 1 rings (SSSR count). The predicted molar refractivity (Wildman–Crippen MR) is 44.2 cm³/mol. The van der Waals surface area contributed by atoms with E-state index in [-0.39, 0.29) is 0 Å². The van der Waals surface area contributed by atoms with Crippen LogP contribution in [0.1, 0.15) is 32.4 Å². The third-order valence-corrected chi connectivity index (χ3v) is 2.00. The number of hydrogen-bond acceptors (Lipinski definition) is 3. The molecule has 62 valence electrons. The van der Waals surface area contributed by atoms with Gasteiger partial charge in [-0.3, -0.25) is 0 Å². The van der Waals surface area contributed by atoms with Gasteiger partial charge in [-0.2, -0.15) is 0 Å². The lowest BCUT2D eigenvalue weighted by molar-refractivity contribution is 0.340. The predicted octanol–water partition coefficient (Wildman–Crippen LogP) is 2.02. The molecule has 0 saturated carbocycles. The molecule has 0 radical (unpaired) electrons. The molecular weight excluding hydrogens is 140 g/mol. The maximum Gasteiger partial charge on any atom is 0.167 e. The first-order chi connectivity index (χ1) is 5.11. The molecule has 0 bridgehead atoms. The Labute approximate surface area is 66.6 Å². The van der Waals surface area contributed by atoms with Crippen molar-refractivity contribution in [1.82, 2.24) is 5.16 Å². The summed E-state index contributed by atoms with van der Waals surface area (Å²) in [6.45, 7) is 6.39. The van der Waals surface area contributed by atoms with Gasteiger partial charge in [-0.05, 0) is 5.92 Å². The first-order valence-electron chi connectivity index (χ1n) is 3.83. The highest BCUT2D eigenvalue weighted by Crippen LogP contribution is 2.24. The summed E-state index contributed by atoms with van der Waals surface area (Å²) < 4.78 is 5.01. The van der Waals surface area contributed by atoms with Crippen molar-refractivity contribution < 1.29 is 4.52 Å². The zero-order chi connectivity index (χ0) is 8.43. The Hall–Kier alpha value is -0.990. The first kappa shape index (κ1) is 8.11. The third kappa shape index (κ3) is 1.73. The van der Waals surface area contributed by atoms with Crippen molar-refractivity contribution in [3.63, 3.8) is 0 Å². The van der Waals surface area contributed by atoms with Crippen LogP contribution >= 0.6 is 0 Å². The quantitative estimate of drug-likeness (QED) is 0.709. The average molecular weight is 154 g/mol. The standard InChI is InChI=1S/C8H14N2O/c1-5(2)6(3)7-4-8(9)10-11-7/h4-6H,1-3H3,(H2,9,10). The average Bonchev–Trinajstić information content (AvgIpc) is 2.34. The van der Waals surface area contributed by atoms with E-state index in [1.807, 2.05) is 0 Å². The van der Waals surface area contributed by atoms with E-state index in [1.165, 1.54) is 0 Å². The summed E-state index contributed by atoms with van der Waals surface area (Å²) >= 11 is 0. The summed E-state index contributed by atoms with van der Waals surface area (Å²) in [5.41, 5.74) is 5.41. The van der Waals surface area contributed by atoms with Crippen LogP contribution in [-0.2, 0) is 0 Å². The molecule has 0 aliphatic carbocycles. The SMILES string of the molecule is CC(C)C(C)c1cc(N)no1. The van der Waals surface area contributed by atoms with Gasteiger partial charge in [-0.25, -0.2) is 0 Å². The first-order valence-corrected chi connectivity index (χ1v) is 3.83. The largest absolute Gasteiger partial charge is 0.381 e. The van der Waals surface area contributed by atoms with Gasteiger partial charge in [0.1, 0.15) is 5.76 Å². The lowest BCUT2D eigenvalue weighted by Gasteiger charge is -2.10. The second kappa shape index (κ2) is 2.95. The summed E-state index contributed by atoms with van der Waals surface area (Å²) in [5.74, 6) is 2.28. The zero-order valence-corrected chi connectivity index (χ0v) is 7.16. The lowest BCUT2D eigenvalue weighted by atomic mass is 9.96. The highest BCUT2D eigenvalue weighted by atomic mass is 16.5. The molecule has 0 amide bonds. The number of nitrogens with two attached hydrogens (primary N) is 1. The monoisotopic (exact) mass is 154 g/mol. The van der Waals surface area contributed by atoms with E-state index >= 15 is 0 Å². The van der Waals surface area contributed by atoms with Crippen molar-refractivity contribution in [1.29, 1.82) is 0 Å². The second-order valence-corrected chi connectivity index (χ2v) is 3.19. The zero-order valence-electron chi connectivity index (χ0n) is 7.16. The van der Waals surface area contributed by atoms with E-state index < -0.39 is 0 Å². The minimum atomic E-state index is 0.389. The van der Waals surface area contributed by atoms with Crippen LogP contribution in [0.25, 0.3) is 0 Å². The van der Waals surface area contributed by atoms with Gasteiger partial charge in [0.15, 0.2) is 5.82 Å². The lowest BCUT2D eigenvalue weighted by Crippen LogP contribution is -1.99. The van der Waals surface area contributed by atoms with Gasteiger partial charge in [0, 0.05) is 12.0 Å². The van der Waals surface area contributed by atoms with Crippen molar-refractivity contribution in [3.8, 4) is 0 Å². The van der Waals surface area contributed by atoms with Crippen molar-refractivity contribution in [3.05, 3.63) is 11.8 Å². The van der Waals surface area contributed by atoms with Crippen LogP contribution in [-0.4, -0.2) is 5.16 Å². The molecule has 3 nitrogen and oxygen atoms in total. The topological polar surface area (TPSA) is 52.0 Å². The Morgan fingerprint density at radius 1 is 1.45 bits per heavy atom. The van der Waals surface area contributed by atoms with Crippen LogP contribution < -0.4 is 5.73 Å². The fourth-order valence-corrected chi connectivity index (χ4v) is 0.847.